The Labute approximate surface area is 92.7 Å². The Bertz CT molecular complexity index is 619. The Morgan fingerprint density at radius 1 is 1.35 bits per heavy atom. The lowest BCUT2D eigenvalue weighted by atomic mass is 10.1. The molecule has 0 aliphatic heterocycles. The summed E-state index contributed by atoms with van der Waals surface area (Å²) >= 11 is 0. The third-order valence-corrected chi connectivity index (χ3v) is 2.22. The molecule has 0 fully saturated rings. The summed E-state index contributed by atoms with van der Waals surface area (Å²) in [4.78, 5) is 16.4. The quantitative estimate of drug-likeness (QED) is 0.797. The predicted molar refractivity (Wildman–Crippen MR) is 53.3 cm³/mol. The number of aromatic nitrogens is 2. The molecule has 0 bridgehead atoms. The van der Waals surface area contributed by atoms with E-state index < -0.39 is 17.6 Å². The summed E-state index contributed by atoms with van der Waals surface area (Å²) in [5.41, 5.74) is -0.500. The molecule has 2 N–H and O–H groups in total. The van der Waals surface area contributed by atoms with Crippen molar-refractivity contribution in [1.82, 2.24) is 9.97 Å². The van der Waals surface area contributed by atoms with E-state index >= 15 is 0 Å². The maximum absolute atomic E-state index is 12.4. The van der Waals surface area contributed by atoms with E-state index in [1.54, 1.807) is 4.98 Å². The number of rotatable bonds is 1. The normalized spacial score (nSPS) is 12.0. The van der Waals surface area contributed by atoms with Crippen LogP contribution in [-0.4, -0.2) is 15.1 Å². The summed E-state index contributed by atoms with van der Waals surface area (Å²) in [6, 6.07) is 3.99. The number of fused-ring (bicyclic) bond motifs is 1. The van der Waals surface area contributed by atoms with Gasteiger partial charge < -0.3 is 10.1 Å². The van der Waals surface area contributed by atoms with Crippen molar-refractivity contribution in [2.75, 3.05) is 0 Å². The Balaban J connectivity index is 2.73. The zero-order valence-electron chi connectivity index (χ0n) is 8.38. The smallest absolute Gasteiger partial charge is 0.392 e. The first-order valence-corrected chi connectivity index (χ1v) is 4.63. The van der Waals surface area contributed by atoms with E-state index in [0.29, 0.717) is 5.56 Å². The van der Waals surface area contributed by atoms with Crippen LogP contribution in [0.25, 0.3) is 10.9 Å². The van der Waals surface area contributed by atoms with E-state index in [-0.39, 0.29) is 17.5 Å². The minimum absolute atomic E-state index is 0.0181. The molecule has 0 spiro atoms. The minimum atomic E-state index is -4.69. The summed E-state index contributed by atoms with van der Waals surface area (Å²) in [6.07, 6.45) is -4.69. The van der Waals surface area contributed by atoms with Gasteiger partial charge in [-0.3, -0.25) is 4.79 Å². The fourth-order valence-electron chi connectivity index (χ4n) is 1.42. The first-order valence-electron chi connectivity index (χ1n) is 4.63. The van der Waals surface area contributed by atoms with Gasteiger partial charge in [-0.15, -0.1) is 0 Å². The van der Waals surface area contributed by atoms with Crippen LogP contribution in [0.5, 0.6) is 0 Å². The zero-order valence-corrected chi connectivity index (χ0v) is 8.38. The number of H-pyrrole nitrogens is 1. The Hall–Kier alpha value is -1.89. The van der Waals surface area contributed by atoms with Gasteiger partial charge >= 0.3 is 6.18 Å². The molecule has 0 aliphatic carbocycles. The van der Waals surface area contributed by atoms with Gasteiger partial charge in [0.2, 0.25) is 5.82 Å². The summed E-state index contributed by atoms with van der Waals surface area (Å²) < 4.78 is 37.1. The lowest BCUT2D eigenvalue weighted by molar-refractivity contribution is -0.144. The molecular weight excluding hydrogens is 237 g/mol. The van der Waals surface area contributed by atoms with Crippen molar-refractivity contribution in [2.24, 2.45) is 0 Å². The fourth-order valence-corrected chi connectivity index (χ4v) is 1.42. The van der Waals surface area contributed by atoms with Gasteiger partial charge in [0.05, 0.1) is 17.5 Å². The van der Waals surface area contributed by atoms with Crippen LogP contribution in [0.1, 0.15) is 11.4 Å². The largest absolute Gasteiger partial charge is 0.449 e. The van der Waals surface area contributed by atoms with E-state index in [1.807, 2.05) is 0 Å². The van der Waals surface area contributed by atoms with Crippen LogP contribution in [0.4, 0.5) is 13.2 Å². The minimum Gasteiger partial charge on any atom is -0.392 e. The highest BCUT2D eigenvalue weighted by Gasteiger charge is 2.34. The van der Waals surface area contributed by atoms with Gasteiger partial charge in [-0.1, -0.05) is 6.07 Å². The molecule has 2 aromatic rings. The maximum atomic E-state index is 12.4. The average molecular weight is 244 g/mol. The maximum Gasteiger partial charge on any atom is 0.449 e. The lowest BCUT2D eigenvalue weighted by Crippen LogP contribution is -2.19. The van der Waals surface area contributed by atoms with Crippen molar-refractivity contribution in [3.63, 3.8) is 0 Å². The van der Waals surface area contributed by atoms with Crippen LogP contribution in [0, 0.1) is 0 Å². The molecule has 1 aromatic heterocycles. The fraction of sp³-hybridized carbons (Fsp3) is 0.200. The van der Waals surface area contributed by atoms with Crippen LogP contribution in [0.3, 0.4) is 0 Å². The molecule has 17 heavy (non-hydrogen) atoms. The van der Waals surface area contributed by atoms with Crippen LogP contribution < -0.4 is 5.56 Å². The predicted octanol–water partition coefficient (Wildman–Crippen LogP) is 1.43. The Morgan fingerprint density at radius 3 is 2.65 bits per heavy atom. The number of aliphatic hydroxyl groups is 1. The summed E-state index contributed by atoms with van der Waals surface area (Å²) in [5, 5.41) is 8.88. The van der Waals surface area contributed by atoms with Crippen LogP contribution in [-0.2, 0) is 12.8 Å². The lowest BCUT2D eigenvalue weighted by Gasteiger charge is -2.06. The van der Waals surface area contributed by atoms with Crippen molar-refractivity contribution >= 4 is 10.9 Å². The summed E-state index contributed by atoms with van der Waals surface area (Å²) in [6.45, 7) is -0.295. The number of benzene rings is 1. The standard InChI is InChI=1S/C10H7F3N2O2/c11-10(12,13)9-14-7-2-1-5(4-16)3-6(7)8(17)15-9/h1-3,16H,4H2,(H,14,15,17). The van der Waals surface area contributed by atoms with E-state index in [9.17, 15) is 18.0 Å². The first-order chi connectivity index (χ1) is 7.91. The number of hydrogen-bond acceptors (Lipinski definition) is 3. The topological polar surface area (TPSA) is 66.0 Å². The second kappa shape index (κ2) is 3.85. The SMILES string of the molecule is O=c1[nH]c(C(F)(F)F)nc2ccc(CO)cc12. The van der Waals surface area contributed by atoms with Gasteiger partial charge in [0.25, 0.3) is 5.56 Å². The molecule has 0 atom stereocenters. The third-order valence-electron chi connectivity index (χ3n) is 2.22. The highest BCUT2D eigenvalue weighted by atomic mass is 19.4. The summed E-state index contributed by atoms with van der Waals surface area (Å²) in [7, 11) is 0. The van der Waals surface area contributed by atoms with Gasteiger partial charge in [-0.2, -0.15) is 13.2 Å². The Kier molecular flexibility index (Phi) is 2.62. The van der Waals surface area contributed by atoms with Crippen molar-refractivity contribution < 1.29 is 18.3 Å². The molecule has 2 rings (SSSR count). The second-order valence-corrected chi connectivity index (χ2v) is 3.42. The molecule has 0 saturated carbocycles. The molecule has 0 saturated heterocycles. The average Bonchev–Trinajstić information content (AvgIpc) is 2.27. The molecule has 0 aliphatic rings. The van der Waals surface area contributed by atoms with Crippen molar-refractivity contribution in [3.05, 3.63) is 39.9 Å². The number of aromatic amines is 1. The number of aliphatic hydroxyl groups excluding tert-OH is 1. The van der Waals surface area contributed by atoms with Crippen LogP contribution in [0.2, 0.25) is 0 Å². The molecule has 1 aromatic carbocycles. The van der Waals surface area contributed by atoms with Gasteiger partial charge in [-0.25, -0.2) is 4.98 Å². The highest BCUT2D eigenvalue weighted by molar-refractivity contribution is 5.78. The van der Waals surface area contributed by atoms with Crippen LogP contribution >= 0.6 is 0 Å². The number of hydrogen-bond donors (Lipinski definition) is 2. The zero-order chi connectivity index (χ0) is 12.6. The molecule has 90 valence electrons. The van der Waals surface area contributed by atoms with E-state index in [4.69, 9.17) is 5.11 Å². The molecule has 0 amide bonds. The molecular formula is C10H7F3N2O2. The first kappa shape index (κ1) is 11.6. The number of alkyl halides is 3. The van der Waals surface area contributed by atoms with Gasteiger partial charge in [0.1, 0.15) is 0 Å². The molecule has 1 heterocycles. The Morgan fingerprint density at radius 2 is 2.06 bits per heavy atom. The van der Waals surface area contributed by atoms with Crippen LogP contribution in [0.15, 0.2) is 23.0 Å². The second-order valence-electron chi connectivity index (χ2n) is 3.42. The molecule has 0 unspecified atom stereocenters. The van der Waals surface area contributed by atoms with Gasteiger partial charge in [0.15, 0.2) is 0 Å². The van der Waals surface area contributed by atoms with Crippen molar-refractivity contribution in [1.29, 1.82) is 0 Å². The number of halogens is 3. The van der Waals surface area contributed by atoms with E-state index in [0.717, 1.165) is 0 Å². The highest BCUT2D eigenvalue weighted by Crippen LogP contribution is 2.26. The molecule has 7 heteroatoms. The summed E-state index contributed by atoms with van der Waals surface area (Å²) in [5.74, 6) is -1.33. The number of nitrogens with one attached hydrogen (secondary N) is 1. The molecule has 0 radical (unpaired) electrons. The van der Waals surface area contributed by atoms with Crippen molar-refractivity contribution in [2.45, 2.75) is 12.8 Å². The third kappa shape index (κ3) is 2.14. The van der Waals surface area contributed by atoms with Gasteiger partial charge in [0, 0.05) is 0 Å². The number of nitrogens with zero attached hydrogens (tertiary/aromatic N) is 1. The van der Waals surface area contributed by atoms with Crippen molar-refractivity contribution in [3.8, 4) is 0 Å². The molecule has 4 nitrogen and oxygen atoms in total. The van der Waals surface area contributed by atoms with Gasteiger partial charge in [-0.05, 0) is 17.7 Å². The monoisotopic (exact) mass is 244 g/mol. The van der Waals surface area contributed by atoms with E-state index in [1.165, 1.54) is 18.2 Å². The van der Waals surface area contributed by atoms with E-state index in [2.05, 4.69) is 4.98 Å².